The largest absolute Gasteiger partial charge is 0.311 e. The molecule has 2 saturated heterocycles. The summed E-state index contributed by atoms with van der Waals surface area (Å²) in [5, 5.41) is 0. The van der Waals surface area contributed by atoms with Crippen LogP contribution in [0.1, 0.15) is 38.5 Å². The van der Waals surface area contributed by atoms with Gasteiger partial charge in [-0.05, 0) is 56.8 Å². The summed E-state index contributed by atoms with van der Waals surface area (Å²) in [6.45, 7) is 4.43. The molecule has 3 heteroatoms. The van der Waals surface area contributed by atoms with Gasteiger partial charge in [0.05, 0.1) is 5.41 Å². The third-order valence-electron chi connectivity index (χ3n) is 6.03. The lowest BCUT2D eigenvalue weighted by molar-refractivity contribution is -0.138. The topological polar surface area (TPSA) is 23.6 Å². The lowest BCUT2D eigenvalue weighted by atomic mass is 9.70. The highest BCUT2D eigenvalue weighted by Gasteiger charge is 2.53. The van der Waals surface area contributed by atoms with Crippen LogP contribution in [-0.4, -0.2) is 37.0 Å². The van der Waals surface area contributed by atoms with E-state index in [4.69, 9.17) is 0 Å². The molecule has 3 nitrogen and oxygen atoms in total. The first-order valence-electron chi connectivity index (χ1n) is 8.86. The summed E-state index contributed by atoms with van der Waals surface area (Å²) in [6.07, 6.45) is 7.80. The minimum Gasteiger partial charge on any atom is -0.311 e. The van der Waals surface area contributed by atoms with Gasteiger partial charge in [0.25, 0.3) is 0 Å². The molecule has 0 unspecified atom stereocenters. The maximum Gasteiger partial charge on any atom is 0.235 e. The standard InChI is InChI=1S/C19H26N2O/c22-18-19(15-21(18)17-8-2-1-3-9-17)10-12-20(13-11-19)14-16-6-4-5-7-16/h1-3,8-9,16H,4-7,10-15H2. The molecule has 1 amide bonds. The normalized spacial score (nSPS) is 25.6. The molecule has 1 aromatic carbocycles. The quantitative estimate of drug-likeness (QED) is 0.799. The number of anilines is 1. The number of para-hydroxylation sites is 1. The molecule has 1 aromatic rings. The highest BCUT2D eigenvalue weighted by atomic mass is 16.2. The first-order valence-corrected chi connectivity index (χ1v) is 8.86. The van der Waals surface area contributed by atoms with Crippen molar-refractivity contribution in [2.24, 2.45) is 11.3 Å². The average Bonchev–Trinajstić information content (AvgIpc) is 3.07. The highest BCUT2D eigenvalue weighted by molar-refractivity contribution is 6.04. The maximum absolute atomic E-state index is 12.7. The van der Waals surface area contributed by atoms with Crippen LogP contribution in [0.3, 0.4) is 0 Å². The van der Waals surface area contributed by atoms with Crippen molar-refractivity contribution in [2.45, 2.75) is 38.5 Å². The maximum atomic E-state index is 12.7. The molecular weight excluding hydrogens is 272 g/mol. The lowest BCUT2D eigenvalue weighted by Crippen LogP contribution is -2.65. The van der Waals surface area contributed by atoms with Crippen molar-refractivity contribution >= 4 is 11.6 Å². The Bertz CT molecular complexity index is 528. The molecule has 0 bridgehead atoms. The van der Waals surface area contributed by atoms with Crippen molar-refractivity contribution in [3.05, 3.63) is 30.3 Å². The van der Waals surface area contributed by atoms with Gasteiger partial charge < -0.3 is 9.80 Å². The first kappa shape index (κ1) is 14.3. The number of carbonyl (C=O) groups excluding carboxylic acids is 1. The summed E-state index contributed by atoms with van der Waals surface area (Å²) in [5.41, 5.74) is 1.02. The van der Waals surface area contributed by atoms with Crippen molar-refractivity contribution in [1.82, 2.24) is 4.90 Å². The summed E-state index contributed by atoms with van der Waals surface area (Å²) < 4.78 is 0. The number of hydrogen-bond acceptors (Lipinski definition) is 2. The molecule has 22 heavy (non-hydrogen) atoms. The Kier molecular flexibility index (Phi) is 3.69. The number of piperidine rings is 1. The van der Waals surface area contributed by atoms with E-state index in [0.717, 1.165) is 44.1 Å². The third kappa shape index (κ3) is 2.45. The molecule has 0 radical (unpaired) electrons. The number of carbonyl (C=O) groups is 1. The van der Waals surface area contributed by atoms with Gasteiger partial charge in [0.2, 0.25) is 5.91 Å². The van der Waals surface area contributed by atoms with Crippen LogP contribution < -0.4 is 4.90 Å². The van der Waals surface area contributed by atoms with Crippen LogP contribution >= 0.6 is 0 Å². The van der Waals surface area contributed by atoms with Gasteiger partial charge in [0.1, 0.15) is 0 Å². The molecule has 0 aromatic heterocycles. The predicted octanol–water partition coefficient (Wildman–Crippen LogP) is 3.31. The summed E-state index contributed by atoms with van der Waals surface area (Å²) >= 11 is 0. The van der Waals surface area contributed by atoms with Crippen LogP contribution in [0.15, 0.2) is 30.3 Å². The molecule has 1 saturated carbocycles. The molecule has 1 spiro atoms. The molecule has 2 heterocycles. The Morgan fingerprint density at radius 3 is 2.36 bits per heavy atom. The predicted molar refractivity (Wildman–Crippen MR) is 88.9 cm³/mol. The molecule has 4 rings (SSSR count). The molecule has 3 aliphatic rings. The summed E-state index contributed by atoms with van der Waals surface area (Å²) in [7, 11) is 0. The van der Waals surface area contributed by atoms with Gasteiger partial charge in [-0.25, -0.2) is 0 Å². The number of benzene rings is 1. The first-order chi connectivity index (χ1) is 10.8. The molecule has 1 aliphatic carbocycles. The van der Waals surface area contributed by atoms with E-state index in [1.165, 1.54) is 32.2 Å². The number of β-lactam (4-membered cyclic amide) rings is 1. The van der Waals surface area contributed by atoms with Crippen LogP contribution in [0.2, 0.25) is 0 Å². The minimum atomic E-state index is -0.0397. The highest BCUT2D eigenvalue weighted by Crippen LogP contribution is 2.44. The van der Waals surface area contributed by atoms with Crippen LogP contribution in [0.4, 0.5) is 5.69 Å². The zero-order chi connectivity index (χ0) is 15.0. The van der Waals surface area contributed by atoms with Gasteiger partial charge in [-0.2, -0.15) is 0 Å². The van der Waals surface area contributed by atoms with Crippen LogP contribution in [-0.2, 0) is 4.79 Å². The monoisotopic (exact) mass is 298 g/mol. The van der Waals surface area contributed by atoms with E-state index in [-0.39, 0.29) is 5.41 Å². The minimum absolute atomic E-state index is 0.0397. The molecular formula is C19H26N2O. The third-order valence-corrected chi connectivity index (χ3v) is 6.03. The van der Waals surface area contributed by atoms with Crippen LogP contribution in [0, 0.1) is 11.3 Å². The summed E-state index contributed by atoms with van der Waals surface area (Å²) in [5.74, 6) is 1.28. The van der Waals surface area contributed by atoms with E-state index in [1.54, 1.807) is 0 Å². The van der Waals surface area contributed by atoms with Crippen molar-refractivity contribution in [1.29, 1.82) is 0 Å². The van der Waals surface area contributed by atoms with E-state index in [9.17, 15) is 4.79 Å². The second-order valence-electron chi connectivity index (χ2n) is 7.46. The fraction of sp³-hybridized carbons (Fsp3) is 0.632. The smallest absolute Gasteiger partial charge is 0.235 e. The molecule has 2 aliphatic heterocycles. The molecule has 3 fully saturated rings. The van der Waals surface area contributed by atoms with Gasteiger partial charge in [-0.15, -0.1) is 0 Å². The zero-order valence-corrected chi connectivity index (χ0v) is 13.3. The Balaban J connectivity index is 1.33. The van der Waals surface area contributed by atoms with Gasteiger partial charge >= 0.3 is 0 Å². The van der Waals surface area contributed by atoms with Gasteiger partial charge in [-0.3, -0.25) is 4.79 Å². The van der Waals surface area contributed by atoms with Crippen molar-refractivity contribution < 1.29 is 4.79 Å². The van der Waals surface area contributed by atoms with E-state index in [2.05, 4.69) is 4.90 Å². The number of amides is 1. The van der Waals surface area contributed by atoms with E-state index in [0.29, 0.717) is 5.91 Å². The number of likely N-dealkylation sites (tertiary alicyclic amines) is 1. The number of hydrogen-bond donors (Lipinski definition) is 0. The Morgan fingerprint density at radius 1 is 1.05 bits per heavy atom. The zero-order valence-electron chi connectivity index (χ0n) is 13.3. The van der Waals surface area contributed by atoms with Crippen molar-refractivity contribution in [3.63, 3.8) is 0 Å². The summed E-state index contributed by atoms with van der Waals surface area (Å²) in [4.78, 5) is 17.3. The lowest BCUT2D eigenvalue weighted by Gasteiger charge is -2.52. The molecule has 0 atom stereocenters. The second kappa shape index (κ2) is 5.69. The molecule has 0 N–H and O–H groups in total. The fourth-order valence-corrected chi connectivity index (χ4v) is 4.55. The van der Waals surface area contributed by atoms with Gasteiger partial charge in [-0.1, -0.05) is 31.0 Å². The van der Waals surface area contributed by atoms with Crippen molar-refractivity contribution in [2.75, 3.05) is 31.1 Å². The van der Waals surface area contributed by atoms with Gasteiger partial charge in [0.15, 0.2) is 0 Å². The van der Waals surface area contributed by atoms with E-state index < -0.39 is 0 Å². The second-order valence-corrected chi connectivity index (χ2v) is 7.46. The fourth-order valence-electron chi connectivity index (χ4n) is 4.55. The summed E-state index contributed by atoms with van der Waals surface area (Å²) in [6, 6.07) is 10.1. The Labute approximate surface area is 133 Å². The van der Waals surface area contributed by atoms with E-state index in [1.807, 2.05) is 35.2 Å². The Hall–Kier alpha value is -1.35. The van der Waals surface area contributed by atoms with Crippen molar-refractivity contribution in [3.8, 4) is 0 Å². The van der Waals surface area contributed by atoms with Gasteiger partial charge in [0, 0.05) is 18.8 Å². The average molecular weight is 298 g/mol. The van der Waals surface area contributed by atoms with Crippen LogP contribution in [0.5, 0.6) is 0 Å². The van der Waals surface area contributed by atoms with Crippen LogP contribution in [0.25, 0.3) is 0 Å². The number of rotatable bonds is 3. The molecule has 118 valence electrons. The number of nitrogens with zero attached hydrogens (tertiary/aromatic N) is 2. The van der Waals surface area contributed by atoms with E-state index >= 15 is 0 Å². The Morgan fingerprint density at radius 2 is 1.73 bits per heavy atom. The SMILES string of the molecule is O=C1N(c2ccccc2)CC12CCN(CC1CCCC1)CC2.